The number of hydrogen-bond donors (Lipinski definition) is 1. The first-order chi connectivity index (χ1) is 12.1. The quantitative estimate of drug-likeness (QED) is 0.815. The van der Waals surface area contributed by atoms with Gasteiger partial charge in [0.25, 0.3) is 5.91 Å². The molecule has 1 aromatic rings. The summed E-state index contributed by atoms with van der Waals surface area (Å²) in [5.41, 5.74) is -0.753. The van der Waals surface area contributed by atoms with Crippen molar-refractivity contribution in [3.63, 3.8) is 0 Å². The summed E-state index contributed by atoms with van der Waals surface area (Å²) in [5, 5.41) is 7.02. The monoisotopic (exact) mass is 345 g/mol. The van der Waals surface area contributed by atoms with Crippen LogP contribution in [0, 0.1) is 0 Å². The molecule has 25 heavy (non-hydrogen) atoms. The van der Waals surface area contributed by atoms with Crippen LogP contribution in [0.5, 0.6) is 0 Å². The molecule has 8 heteroatoms. The van der Waals surface area contributed by atoms with Gasteiger partial charge in [0, 0.05) is 18.9 Å². The number of likely N-dealkylation sites (tertiary alicyclic amines) is 1. The zero-order valence-electron chi connectivity index (χ0n) is 14.2. The summed E-state index contributed by atoms with van der Waals surface area (Å²) in [6.07, 6.45) is 8.66. The van der Waals surface area contributed by atoms with Crippen molar-refractivity contribution in [2.75, 3.05) is 13.1 Å². The second kappa shape index (κ2) is 6.16. The van der Waals surface area contributed by atoms with Crippen LogP contribution in [0.3, 0.4) is 0 Å². The van der Waals surface area contributed by atoms with Crippen LogP contribution >= 0.6 is 0 Å². The van der Waals surface area contributed by atoms with Gasteiger partial charge in [-0.15, -0.1) is 0 Å². The predicted molar refractivity (Wildman–Crippen MR) is 88.4 cm³/mol. The largest absolute Gasteiger partial charge is 0.336 e. The highest BCUT2D eigenvalue weighted by molar-refractivity contribution is 6.09. The molecule has 0 aromatic carbocycles. The molecule has 1 saturated carbocycles. The van der Waals surface area contributed by atoms with E-state index in [1.165, 1.54) is 0 Å². The summed E-state index contributed by atoms with van der Waals surface area (Å²) in [6, 6.07) is 1.49. The molecule has 134 valence electrons. The number of hydrogen-bond acceptors (Lipinski definition) is 4. The molecule has 4 rings (SSSR count). The number of amides is 4. The molecular weight excluding hydrogens is 322 g/mol. The molecule has 1 atom stereocenters. The first kappa shape index (κ1) is 16.1. The topological polar surface area (TPSA) is 87.5 Å². The van der Waals surface area contributed by atoms with Crippen LogP contribution in [-0.2, 0) is 16.1 Å². The third-order valence-corrected chi connectivity index (χ3v) is 5.65. The maximum atomic E-state index is 12.8. The van der Waals surface area contributed by atoms with Crippen molar-refractivity contribution in [1.29, 1.82) is 0 Å². The number of carbonyl (C=O) groups is 3. The highest BCUT2D eigenvalue weighted by atomic mass is 16.2. The Morgan fingerprint density at radius 2 is 2.08 bits per heavy atom. The summed E-state index contributed by atoms with van der Waals surface area (Å²) in [5.74, 6) is -0.389. The molecule has 0 bridgehead atoms. The third kappa shape index (κ3) is 2.79. The molecule has 2 aliphatic heterocycles. The Morgan fingerprint density at radius 1 is 1.28 bits per heavy atom. The van der Waals surface area contributed by atoms with Gasteiger partial charge in [-0.3, -0.25) is 19.2 Å². The Kier molecular flexibility index (Phi) is 3.97. The van der Waals surface area contributed by atoms with Crippen molar-refractivity contribution in [2.24, 2.45) is 0 Å². The van der Waals surface area contributed by atoms with E-state index in [4.69, 9.17) is 0 Å². The Bertz CT molecular complexity index is 680. The lowest BCUT2D eigenvalue weighted by molar-refractivity contribution is -0.139. The Balaban J connectivity index is 1.42. The average Bonchev–Trinajstić information content (AvgIpc) is 3.35. The van der Waals surface area contributed by atoms with E-state index in [1.807, 2.05) is 16.9 Å². The summed E-state index contributed by atoms with van der Waals surface area (Å²) in [6.45, 7) is 1.14. The van der Waals surface area contributed by atoms with Crippen molar-refractivity contribution in [2.45, 2.75) is 56.7 Å². The van der Waals surface area contributed by atoms with Gasteiger partial charge < -0.3 is 10.2 Å². The van der Waals surface area contributed by atoms with E-state index in [0.717, 1.165) is 30.6 Å². The van der Waals surface area contributed by atoms with Gasteiger partial charge >= 0.3 is 6.03 Å². The molecular formula is C17H23N5O3. The van der Waals surface area contributed by atoms with Crippen LogP contribution < -0.4 is 5.32 Å². The van der Waals surface area contributed by atoms with Crippen LogP contribution in [0.25, 0.3) is 0 Å². The van der Waals surface area contributed by atoms with Gasteiger partial charge in [-0.2, -0.15) is 5.10 Å². The fourth-order valence-electron chi connectivity index (χ4n) is 4.34. The van der Waals surface area contributed by atoms with Crippen molar-refractivity contribution in [3.8, 4) is 0 Å². The maximum Gasteiger partial charge on any atom is 0.325 e. The average molecular weight is 345 g/mol. The van der Waals surface area contributed by atoms with Gasteiger partial charge in [0.05, 0.1) is 12.6 Å². The van der Waals surface area contributed by atoms with Gasteiger partial charge in [-0.1, -0.05) is 12.8 Å². The number of nitrogens with one attached hydrogen (secondary N) is 1. The predicted octanol–water partition coefficient (Wildman–Crippen LogP) is 0.739. The minimum absolute atomic E-state index is 0.0635. The fourth-order valence-corrected chi connectivity index (χ4v) is 4.34. The zero-order chi connectivity index (χ0) is 17.4. The summed E-state index contributed by atoms with van der Waals surface area (Å²) in [4.78, 5) is 40.6. The first-order valence-corrected chi connectivity index (χ1v) is 9.00. The van der Waals surface area contributed by atoms with Crippen LogP contribution in [0.15, 0.2) is 18.5 Å². The van der Waals surface area contributed by atoms with E-state index >= 15 is 0 Å². The molecule has 2 saturated heterocycles. The molecule has 1 spiro atoms. The van der Waals surface area contributed by atoms with E-state index in [0.29, 0.717) is 25.9 Å². The number of aromatic nitrogens is 2. The molecule has 3 fully saturated rings. The number of urea groups is 1. The van der Waals surface area contributed by atoms with Crippen LogP contribution in [0.1, 0.15) is 38.5 Å². The van der Waals surface area contributed by atoms with Crippen LogP contribution in [0.4, 0.5) is 4.79 Å². The van der Waals surface area contributed by atoms with Crippen LogP contribution in [0.2, 0.25) is 0 Å². The second-order valence-electron chi connectivity index (χ2n) is 7.22. The van der Waals surface area contributed by atoms with Gasteiger partial charge in [-0.05, 0) is 31.7 Å². The van der Waals surface area contributed by atoms with Gasteiger partial charge in [0.1, 0.15) is 12.1 Å². The van der Waals surface area contributed by atoms with E-state index < -0.39 is 11.6 Å². The van der Waals surface area contributed by atoms with Crippen molar-refractivity contribution in [3.05, 3.63) is 18.5 Å². The molecule has 4 amide bonds. The van der Waals surface area contributed by atoms with Crippen molar-refractivity contribution in [1.82, 2.24) is 24.9 Å². The van der Waals surface area contributed by atoms with Gasteiger partial charge in [0.15, 0.2) is 0 Å². The minimum atomic E-state index is -0.753. The summed E-state index contributed by atoms with van der Waals surface area (Å²) in [7, 11) is 0. The number of rotatable bonds is 4. The normalized spacial score (nSPS) is 25.2. The molecule has 3 heterocycles. The summed E-state index contributed by atoms with van der Waals surface area (Å²) < 4.78 is 1.82. The number of imide groups is 1. The molecule has 8 nitrogen and oxygen atoms in total. The van der Waals surface area contributed by atoms with E-state index in [-0.39, 0.29) is 24.4 Å². The molecule has 0 radical (unpaired) electrons. The highest BCUT2D eigenvalue weighted by Crippen LogP contribution is 2.35. The SMILES string of the molecule is O=C1NC2(CCCC2)C(=O)N1CC(=O)N1CCC[C@H]1Cn1cccn1. The van der Waals surface area contributed by atoms with E-state index in [1.54, 1.807) is 11.1 Å². The lowest BCUT2D eigenvalue weighted by atomic mass is 9.98. The molecule has 3 aliphatic rings. The third-order valence-electron chi connectivity index (χ3n) is 5.65. The van der Waals surface area contributed by atoms with Gasteiger partial charge in [0.2, 0.25) is 5.91 Å². The lowest BCUT2D eigenvalue weighted by Crippen LogP contribution is -2.47. The van der Waals surface area contributed by atoms with Gasteiger partial charge in [-0.25, -0.2) is 4.79 Å². The smallest absolute Gasteiger partial charge is 0.325 e. The van der Waals surface area contributed by atoms with E-state index in [9.17, 15) is 14.4 Å². The first-order valence-electron chi connectivity index (χ1n) is 9.00. The Morgan fingerprint density at radius 3 is 2.80 bits per heavy atom. The molecule has 1 aliphatic carbocycles. The molecule has 1 aromatic heterocycles. The second-order valence-corrected chi connectivity index (χ2v) is 7.22. The van der Waals surface area contributed by atoms with Crippen molar-refractivity contribution < 1.29 is 14.4 Å². The maximum absolute atomic E-state index is 12.8. The standard InChI is InChI=1S/C17H23N5O3/c23-14(21-10-3-5-13(21)11-20-9-4-8-18-20)12-22-15(24)17(19-16(22)25)6-1-2-7-17/h4,8-9,13H,1-3,5-7,10-12H2,(H,19,25)/t13-/m0/s1. The van der Waals surface area contributed by atoms with Crippen LogP contribution in [-0.4, -0.2) is 62.1 Å². The zero-order valence-corrected chi connectivity index (χ0v) is 14.2. The molecule has 1 N–H and O–H groups in total. The Labute approximate surface area is 146 Å². The number of nitrogens with zero attached hydrogens (tertiary/aromatic N) is 4. The van der Waals surface area contributed by atoms with Crippen molar-refractivity contribution >= 4 is 17.8 Å². The number of carbonyl (C=O) groups excluding carboxylic acids is 3. The summed E-state index contributed by atoms with van der Waals surface area (Å²) >= 11 is 0. The van der Waals surface area contributed by atoms with E-state index in [2.05, 4.69) is 10.4 Å². The fraction of sp³-hybridized carbons (Fsp3) is 0.647. The molecule has 0 unspecified atom stereocenters. The lowest BCUT2D eigenvalue weighted by Gasteiger charge is -2.26. The highest BCUT2D eigenvalue weighted by Gasteiger charge is 2.53. The Hall–Kier alpha value is -2.38. The minimum Gasteiger partial charge on any atom is -0.336 e.